The maximum Gasteiger partial charge on any atom is 0.137 e. The zero-order valence-electron chi connectivity index (χ0n) is 14.0. The van der Waals surface area contributed by atoms with Gasteiger partial charge in [-0.2, -0.15) is 0 Å². The summed E-state index contributed by atoms with van der Waals surface area (Å²) in [6.07, 6.45) is 11.7. The van der Waals surface area contributed by atoms with Gasteiger partial charge in [0.05, 0.1) is 0 Å². The third-order valence-electron chi connectivity index (χ3n) is 4.62. The molecule has 0 spiro atoms. The lowest BCUT2D eigenvalue weighted by atomic mass is 10.1. The molecule has 0 saturated carbocycles. The van der Waals surface area contributed by atoms with Crippen LogP contribution in [0.5, 0.6) is 0 Å². The van der Waals surface area contributed by atoms with Crippen LogP contribution in [0.15, 0.2) is 66.5 Å². The number of H-pyrrole nitrogens is 1. The third-order valence-corrected chi connectivity index (χ3v) is 4.87. The van der Waals surface area contributed by atoms with Crippen LogP contribution in [0.25, 0.3) is 17.1 Å². The molecule has 1 aromatic carbocycles. The molecule has 0 radical (unpaired) electrons. The summed E-state index contributed by atoms with van der Waals surface area (Å²) in [6, 6.07) is 12.1. The van der Waals surface area contributed by atoms with Crippen molar-refractivity contribution >= 4 is 28.7 Å². The topological polar surface area (TPSA) is 31.9 Å². The van der Waals surface area contributed by atoms with Gasteiger partial charge in [0.1, 0.15) is 5.65 Å². The normalized spacial score (nSPS) is 15.8. The lowest BCUT2D eigenvalue weighted by Crippen LogP contribution is -2.27. The summed E-state index contributed by atoms with van der Waals surface area (Å²) >= 11 is 5.92. The highest BCUT2D eigenvalue weighted by molar-refractivity contribution is 6.30. The molecule has 1 aliphatic rings. The van der Waals surface area contributed by atoms with Crippen molar-refractivity contribution in [3.8, 4) is 0 Å². The molecule has 3 nitrogen and oxygen atoms in total. The highest BCUT2D eigenvalue weighted by Gasteiger charge is 2.13. The zero-order valence-corrected chi connectivity index (χ0v) is 14.7. The summed E-state index contributed by atoms with van der Waals surface area (Å²) in [7, 11) is 0. The Labute approximate surface area is 152 Å². The van der Waals surface area contributed by atoms with Gasteiger partial charge in [0, 0.05) is 42.4 Å². The van der Waals surface area contributed by atoms with Crippen LogP contribution >= 0.6 is 11.6 Å². The molecule has 126 valence electrons. The Morgan fingerprint density at radius 2 is 2.04 bits per heavy atom. The maximum atomic E-state index is 5.92. The van der Waals surface area contributed by atoms with Crippen LogP contribution < -0.4 is 0 Å². The summed E-state index contributed by atoms with van der Waals surface area (Å²) in [5, 5.41) is 2.00. The van der Waals surface area contributed by atoms with Crippen LogP contribution in [0.1, 0.15) is 17.5 Å². The Kier molecular flexibility index (Phi) is 4.68. The van der Waals surface area contributed by atoms with Crippen molar-refractivity contribution in [3.63, 3.8) is 0 Å². The number of aromatic amines is 1. The van der Waals surface area contributed by atoms with Gasteiger partial charge in [-0.05, 0) is 47.4 Å². The maximum absolute atomic E-state index is 5.92. The van der Waals surface area contributed by atoms with E-state index in [-0.39, 0.29) is 0 Å². The third kappa shape index (κ3) is 3.84. The van der Waals surface area contributed by atoms with Crippen molar-refractivity contribution in [2.45, 2.75) is 13.0 Å². The Hall–Kier alpha value is -2.36. The number of hydrogen-bond acceptors (Lipinski definition) is 2. The first-order valence-electron chi connectivity index (χ1n) is 8.54. The quantitative estimate of drug-likeness (QED) is 0.713. The van der Waals surface area contributed by atoms with E-state index in [9.17, 15) is 0 Å². The molecule has 0 atom stereocenters. The van der Waals surface area contributed by atoms with Crippen molar-refractivity contribution in [1.82, 2.24) is 14.9 Å². The summed E-state index contributed by atoms with van der Waals surface area (Å²) in [5.74, 6) is 0. The number of benzene rings is 1. The van der Waals surface area contributed by atoms with Gasteiger partial charge >= 0.3 is 0 Å². The summed E-state index contributed by atoms with van der Waals surface area (Å²) in [5.41, 5.74) is 4.86. The van der Waals surface area contributed by atoms with Crippen molar-refractivity contribution in [3.05, 3.63) is 82.7 Å². The van der Waals surface area contributed by atoms with E-state index in [2.05, 4.69) is 45.4 Å². The lowest BCUT2D eigenvalue weighted by molar-refractivity contribution is 0.288. The average Bonchev–Trinajstić information content (AvgIpc) is 3.06. The first kappa shape index (κ1) is 16.1. The molecule has 1 N–H and O–H groups in total. The molecule has 0 fully saturated rings. The van der Waals surface area contributed by atoms with Gasteiger partial charge in [0.15, 0.2) is 0 Å². The fourth-order valence-electron chi connectivity index (χ4n) is 3.18. The first-order valence-corrected chi connectivity index (χ1v) is 8.92. The number of halogens is 1. The highest BCUT2D eigenvalue weighted by atomic mass is 35.5. The van der Waals surface area contributed by atoms with Gasteiger partial charge in [0.2, 0.25) is 0 Å². The zero-order chi connectivity index (χ0) is 17.1. The molecule has 0 saturated heterocycles. The smallest absolute Gasteiger partial charge is 0.137 e. The molecule has 0 bridgehead atoms. The molecule has 3 aromatic rings. The predicted molar refractivity (Wildman–Crippen MR) is 105 cm³/mol. The molecule has 2 aromatic heterocycles. The van der Waals surface area contributed by atoms with Crippen LogP contribution in [0.2, 0.25) is 5.02 Å². The van der Waals surface area contributed by atoms with Gasteiger partial charge in [-0.25, -0.2) is 4.98 Å². The lowest BCUT2D eigenvalue weighted by Gasteiger charge is -2.25. The van der Waals surface area contributed by atoms with Crippen molar-refractivity contribution in [1.29, 1.82) is 0 Å². The fraction of sp³-hybridized carbons (Fsp3) is 0.190. The number of nitrogens with one attached hydrogen (secondary N) is 1. The fourth-order valence-corrected chi connectivity index (χ4v) is 3.31. The number of pyridine rings is 1. The van der Waals surface area contributed by atoms with Crippen LogP contribution in [0.3, 0.4) is 0 Å². The van der Waals surface area contributed by atoms with E-state index in [0.717, 1.165) is 36.7 Å². The Bertz CT molecular complexity index is 922. The number of allylic oxidation sites excluding steroid dienone is 1. The second-order valence-electron chi connectivity index (χ2n) is 6.36. The number of rotatable bonds is 4. The number of fused-ring (bicyclic) bond motifs is 1. The minimum Gasteiger partial charge on any atom is -0.346 e. The number of aromatic nitrogens is 2. The highest BCUT2D eigenvalue weighted by Crippen LogP contribution is 2.21. The monoisotopic (exact) mass is 349 g/mol. The first-order chi connectivity index (χ1) is 12.3. The molecule has 0 aliphatic carbocycles. The minimum atomic E-state index is 0.775. The Morgan fingerprint density at radius 3 is 2.84 bits per heavy atom. The summed E-state index contributed by atoms with van der Waals surface area (Å²) in [6.45, 7) is 3.01. The molecule has 25 heavy (non-hydrogen) atoms. The van der Waals surface area contributed by atoms with Crippen molar-refractivity contribution < 1.29 is 0 Å². The standard InChI is InChI=1S/C21H20ClN3/c22-19-7-5-16(6-8-19)3-4-17-9-12-25(13-10-17)15-18-14-24-21-20(18)2-1-11-23-21/h1-9,11,14H,10,12-13,15H2,(H,23,24)/b4-3+. The average molecular weight is 350 g/mol. The SMILES string of the molecule is Clc1ccc(/C=C/C2=CCN(Cc3c[nH]c4ncccc34)CC2)cc1. The van der Waals surface area contributed by atoms with E-state index in [0.29, 0.717) is 0 Å². The largest absolute Gasteiger partial charge is 0.346 e. The number of hydrogen-bond donors (Lipinski definition) is 1. The van der Waals surface area contributed by atoms with E-state index < -0.39 is 0 Å². The molecule has 0 amide bonds. The van der Waals surface area contributed by atoms with E-state index in [1.165, 1.54) is 22.1 Å². The molecule has 3 heterocycles. The van der Waals surface area contributed by atoms with Gasteiger partial charge < -0.3 is 4.98 Å². The summed E-state index contributed by atoms with van der Waals surface area (Å²) < 4.78 is 0. The Balaban J connectivity index is 1.39. The van der Waals surface area contributed by atoms with Crippen LogP contribution in [-0.4, -0.2) is 28.0 Å². The van der Waals surface area contributed by atoms with Gasteiger partial charge in [0.25, 0.3) is 0 Å². The second kappa shape index (κ2) is 7.26. The van der Waals surface area contributed by atoms with Gasteiger partial charge in [-0.15, -0.1) is 0 Å². The second-order valence-corrected chi connectivity index (χ2v) is 6.80. The van der Waals surface area contributed by atoms with E-state index in [1.807, 2.05) is 36.5 Å². The van der Waals surface area contributed by atoms with Gasteiger partial charge in [-0.3, -0.25) is 4.90 Å². The predicted octanol–water partition coefficient (Wildman–Crippen LogP) is 5.06. The van der Waals surface area contributed by atoms with Gasteiger partial charge in [-0.1, -0.05) is 42.0 Å². The molecule has 4 rings (SSSR count). The molecule has 1 aliphatic heterocycles. The minimum absolute atomic E-state index is 0.775. The van der Waals surface area contributed by atoms with E-state index >= 15 is 0 Å². The summed E-state index contributed by atoms with van der Waals surface area (Å²) in [4.78, 5) is 10.1. The van der Waals surface area contributed by atoms with E-state index in [1.54, 1.807) is 0 Å². The molecular weight excluding hydrogens is 330 g/mol. The van der Waals surface area contributed by atoms with Crippen LogP contribution in [0.4, 0.5) is 0 Å². The van der Waals surface area contributed by atoms with E-state index in [4.69, 9.17) is 11.6 Å². The van der Waals surface area contributed by atoms with Crippen LogP contribution in [-0.2, 0) is 6.54 Å². The Morgan fingerprint density at radius 1 is 1.16 bits per heavy atom. The molecule has 0 unspecified atom stereocenters. The van der Waals surface area contributed by atoms with Crippen molar-refractivity contribution in [2.24, 2.45) is 0 Å². The number of nitrogens with zero attached hydrogens (tertiary/aromatic N) is 2. The van der Waals surface area contributed by atoms with Crippen LogP contribution in [0, 0.1) is 0 Å². The molecule has 4 heteroatoms. The van der Waals surface area contributed by atoms with Crippen molar-refractivity contribution in [2.75, 3.05) is 13.1 Å². The molecular formula is C21H20ClN3.